The Hall–Kier alpha value is -2.77. The zero-order valence-electron chi connectivity index (χ0n) is 14.3. The first-order chi connectivity index (χ1) is 13.1. The van der Waals surface area contributed by atoms with Crippen LogP contribution in [0.25, 0.3) is 22.6 Å². The second kappa shape index (κ2) is 7.46. The smallest absolute Gasteiger partial charge is 0.234 e. The summed E-state index contributed by atoms with van der Waals surface area (Å²) in [4.78, 5) is 12.1. The van der Waals surface area contributed by atoms with Gasteiger partial charge in [0.1, 0.15) is 5.58 Å². The number of hydrogen-bond acceptors (Lipinski definition) is 5. The average molecular weight is 399 g/mol. The van der Waals surface area contributed by atoms with Crippen LogP contribution in [0.3, 0.4) is 0 Å². The summed E-state index contributed by atoms with van der Waals surface area (Å²) in [7, 11) is 1.84. The molecule has 0 unspecified atom stereocenters. The maximum absolute atomic E-state index is 12.1. The van der Waals surface area contributed by atoms with E-state index >= 15 is 0 Å². The molecule has 0 atom stereocenters. The van der Waals surface area contributed by atoms with Crippen molar-refractivity contribution in [1.82, 2.24) is 14.8 Å². The Balaban J connectivity index is 1.47. The molecule has 4 rings (SSSR count). The highest BCUT2D eigenvalue weighted by Gasteiger charge is 2.16. The van der Waals surface area contributed by atoms with Crippen LogP contribution >= 0.6 is 23.4 Å². The van der Waals surface area contributed by atoms with Crippen molar-refractivity contribution >= 4 is 45.9 Å². The highest BCUT2D eigenvalue weighted by Crippen LogP contribution is 2.30. The first-order valence-corrected chi connectivity index (χ1v) is 9.53. The van der Waals surface area contributed by atoms with Crippen molar-refractivity contribution in [3.8, 4) is 11.6 Å². The lowest BCUT2D eigenvalue weighted by Crippen LogP contribution is -2.14. The lowest BCUT2D eigenvalue weighted by atomic mass is 10.2. The summed E-state index contributed by atoms with van der Waals surface area (Å²) in [6.07, 6.45) is 0. The Morgan fingerprint density at radius 3 is 2.81 bits per heavy atom. The molecule has 0 saturated carbocycles. The van der Waals surface area contributed by atoms with E-state index in [1.165, 1.54) is 11.8 Å². The number of rotatable bonds is 5. The molecule has 0 fully saturated rings. The molecule has 1 N–H and O–H groups in total. The number of benzene rings is 2. The molecule has 4 aromatic rings. The van der Waals surface area contributed by atoms with Gasteiger partial charge >= 0.3 is 0 Å². The molecule has 0 radical (unpaired) electrons. The summed E-state index contributed by atoms with van der Waals surface area (Å²) in [5.41, 5.74) is 1.50. The standard InChI is InChI=1S/C19H15ClN4O2S/c1-24-18(16-10-12-9-13(20)7-8-15(12)26-16)22-23-19(24)27-11-17(25)21-14-5-3-2-4-6-14/h2-10H,11H2,1H3,(H,21,25). The van der Waals surface area contributed by atoms with E-state index in [0.717, 1.165) is 16.7 Å². The van der Waals surface area contributed by atoms with Crippen LogP contribution in [0.4, 0.5) is 5.69 Å². The maximum atomic E-state index is 12.1. The molecule has 0 bridgehead atoms. The molecule has 0 saturated heterocycles. The number of furan rings is 1. The Morgan fingerprint density at radius 2 is 2.00 bits per heavy atom. The van der Waals surface area contributed by atoms with Crippen LogP contribution in [0.1, 0.15) is 0 Å². The third kappa shape index (κ3) is 3.84. The summed E-state index contributed by atoms with van der Waals surface area (Å²) < 4.78 is 7.64. The molecule has 0 spiro atoms. The molecule has 136 valence electrons. The number of fused-ring (bicyclic) bond motifs is 1. The summed E-state index contributed by atoms with van der Waals surface area (Å²) in [5.74, 6) is 1.32. The van der Waals surface area contributed by atoms with E-state index in [0.29, 0.717) is 21.8 Å². The number of hydrogen-bond donors (Lipinski definition) is 1. The van der Waals surface area contributed by atoms with Gasteiger partial charge in [-0.25, -0.2) is 0 Å². The van der Waals surface area contributed by atoms with E-state index in [4.69, 9.17) is 16.0 Å². The Kier molecular flexibility index (Phi) is 4.87. The molecule has 2 aromatic carbocycles. The highest BCUT2D eigenvalue weighted by atomic mass is 35.5. The maximum Gasteiger partial charge on any atom is 0.234 e. The molecule has 27 heavy (non-hydrogen) atoms. The molecule has 2 heterocycles. The van der Waals surface area contributed by atoms with E-state index in [1.54, 1.807) is 10.6 Å². The van der Waals surface area contributed by atoms with E-state index in [1.807, 2.05) is 55.6 Å². The Labute approximate surface area is 164 Å². The number of para-hydroxylation sites is 1. The first-order valence-electron chi connectivity index (χ1n) is 8.17. The third-order valence-corrected chi connectivity index (χ3v) is 5.18. The van der Waals surface area contributed by atoms with Gasteiger partial charge in [0.15, 0.2) is 16.7 Å². The first kappa shape index (κ1) is 17.6. The average Bonchev–Trinajstić information content (AvgIpc) is 3.23. The summed E-state index contributed by atoms with van der Waals surface area (Å²) in [5, 5.41) is 13.4. The number of halogens is 1. The number of aromatic nitrogens is 3. The number of thioether (sulfide) groups is 1. The molecule has 2 aromatic heterocycles. The summed E-state index contributed by atoms with van der Waals surface area (Å²) >= 11 is 7.34. The van der Waals surface area contributed by atoms with Gasteiger partial charge < -0.3 is 14.3 Å². The van der Waals surface area contributed by atoms with Gasteiger partial charge in [-0.3, -0.25) is 4.79 Å². The molecule has 0 aliphatic rings. The van der Waals surface area contributed by atoms with Gasteiger partial charge in [-0.1, -0.05) is 41.6 Å². The van der Waals surface area contributed by atoms with Crippen molar-refractivity contribution < 1.29 is 9.21 Å². The zero-order valence-corrected chi connectivity index (χ0v) is 15.9. The van der Waals surface area contributed by atoms with Crippen LogP contribution in [0, 0.1) is 0 Å². The van der Waals surface area contributed by atoms with Gasteiger partial charge in [0.25, 0.3) is 0 Å². The van der Waals surface area contributed by atoms with Gasteiger partial charge in [-0.05, 0) is 36.4 Å². The van der Waals surface area contributed by atoms with Crippen LogP contribution in [0.15, 0.2) is 64.2 Å². The van der Waals surface area contributed by atoms with Crippen molar-refractivity contribution in [3.05, 3.63) is 59.6 Å². The lowest BCUT2D eigenvalue weighted by Gasteiger charge is -2.04. The lowest BCUT2D eigenvalue weighted by molar-refractivity contribution is -0.113. The second-order valence-corrected chi connectivity index (χ2v) is 7.24. The second-order valence-electron chi connectivity index (χ2n) is 5.86. The largest absolute Gasteiger partial charge is 0.453 e. The van der Waals surface area contributed by atoms with E-state index in [-0.39, 0.29) is 11.7 Å². The van der Waals surface area contributed by atoms with E-state index < -0.39 is 0 Å². The van der Waals surface area contributed by atoms with Crippen LogP contribution in [-0.4, -0.2) is 26.4 Å². The van der Waals surface area contributed by atoms with E-state index in [9.17, 15) is 4.79 Å². The molecule has 6 nitrogen and oxygen atoms in total. The Bertz CT molecular complexity index is 1110. The van der Waals surface area contributed by atoms with Gasteiger partial charge in [0.05, 0.1) is 5.75 Å². The number of carbonyl (C=O) groups is 1. The molecule has 1 amide bonds. The van der Waals surface area contributed by atoms with Crippen molar-refractivity contribution in [3.63, 3.8) is 0 Å². The van der Waals surface area contributed by atoms with Crippen molar-refractivity contribution in [2.75, 3.05) is 11.1 Å². The third-order valence-electron chi connectivity index (χ3n) is 3.92. The minimum atomic E-state index is -0.103. The zero-order chi connectivity index (χ0) is 18.8. The predicted octanol–water partition coefficient (Wildman–Crippen LogP) is 4.61. The number of anilines is 1. The number of nitrogens with zero attached hydrogens (tertiary/aromatic N) is 3. The summed E-state index contributed by atoms with van der Waals surface area (Å²) in [6.45, 7) is 0. The van der Waals surface area contributed by atoms with Gasteiger partial charge in [0.2, 0.25) is 5.91 Å². The minimum absolute atomic E-state index is 0.103. The number of amides is 1. The van der Waals surface area contributed by atoms with Gasteiger partial charge in [-0.15, -0.1) is 10.2 Å². The Morgan fingerprint density at radius 1 is 1.19 bits per heavy atom. The quantitative estimate of drug-likeness (QED) is 0.497. The predicted molar refractivity (Wildman–Crippen MR) is 107 cm³/mol. The van der Waals surface area contributed by atoms with Gasteiger partial charge in [-0.2, -0.15) is 0 Å². The van der Waals surface area contributed by atoms with Crippen LogP contribution in [0.5, 0.6) is 0 Å². The van der Waals surface area contributed by atoms with Crippen LogP contribution in [0.2, 0.25) is 5.02 Å². The molecular formula is C19H15ClN4O2S. The van der Waals surface area contributed by atoms with Crippen LogP contribution < -0.4 is 5.32 Å². The van der Waals surface area contributed by atoms with Crippen molar-refractivity contribution in [1.29, 1.82) is 0 Å². The van der Waals surface area contributed by atoms with Crippen molar-refractivity contribution in [2.45, 2.75) is 5.16 Å². The SMILES string of the molecule is Cn1c(SCC(=O)Nc2ccccc2)nnc1-c1cc2cc(Cl)ccc2o1. The molecule has 0 aliphatic carbocycles. The minimum Gasteiger partial charge on any atom is -0.453 e. The fraction of sp³-hybridized carbons (Fsp3) is 0.105. The molecule has 0 aliphatic heterocycles. The fourth-order valence-electron chi connectivity index (χ4n) is 2.63. The topological polar surface area (TPSA) is 73.0 Å². The molecular weight excluding hydrogens is 384 g/mol. The van der Waals surface area contributed by atoms with E-state index in [2.05, 4.69) is 15.5 Å². The fourth-order valence-corrected chi connectivity index (χ4v) is 3.52. The number of carbonyl (C=O) groups excluding carboxylic acids is 1. The number of nitrogens with one attached hydrogen (secondary N) is 1. The van der Waals surface area contributed by atoms with Crippen molar-refractivity contribution in [2.24, 2.45) is 7.05 Å². The summed E-state index contributed by atoms with van der Waals surface area (Å²) in [6, 6.07) is 16.6. The normalized spacial score (nSPS) is 11.0. The van der Waals surface area contributed by atoms with Crippen LogP contribution in [-0.2, 0) is 11.8 Å². The highest BCUT2D eigenvalue weighted by molar-refractivity contribution is 7.99. The molecule has 8 heteroatoms. The monoisotopic (exact) mass is 398 g/mol. The van der Waals surface area contributed by atoms with Gasteiger partial charge in [0, 0.05) is 23.1 Å².